The number of nitrogens with zero attached hydrogens (tertiary/aromatic N) is 1. The van der Waals surface area contributed by atoms with Gasteiger partial charge < -0.3 is 9.73 Å². The monoisotopic (exact) mass is 226 g/mol. The van der Waals surface area contributed by atoms with Gasteiger partial charge in [-0.3, -0.25) is 4.21 Å². The van der Waals surface area contributed by atoms with Gasteiger partial charge in [0, 0.05) is 22.8 Å². The zero-order chi connectivity index (χ0) is 11.1. The average molecular weight is 226 g/mol. The van der Waals surface area contributed by atoms with E-state index >= 15 is 0 Å². The summed E-state index contributed by atoms with van der Waals surface area (Å²) >= 11 is 0. The first-order chi connectivity index (χ1) is 7.22. The van der Waals surface area contributed by atoms with Gasteiger partial charge in [0.15, 0.2) is 0 Å². The molecule has 1 unspecified atom stereocenters. The normalized spacial score (nSPS) is 12.3. The lowest BCUT2D eigenvalue weighted by atomic mass is 10.4. The summed E-state index contributed by atoms with van der Waals surface area (Å²) in [5, 5.41) is 11.7. The van der Waals surface area contributed by atoms with E-state index in [1.807, 2.05) is 6.07 Å². The summed E-state index contributed by atoms with van der Waals surface area (Å²) in [4.78, 5) is 0. The van der Waals surface area contributed by atoms with Gasteiger partial charge in [0.1, 0.15) is 11.8 Å². The highest BCUT2D eigenvalue weighted by atomic mass is 32.2. The molecule has 0 bridgehead atoms. The molecule has 1 aromatic heterocycles. The van der Waals surface area contributed by atoms with Gasteiger partial charge in [-0.05, 0) is 25.1 Å². The largest absolute Gasteiger partial charge is 0.449 e. The molecule has 0 saturated heterocycles. The first-order valence-electron chi connectivity index (χ1n) is 4.72. The summed E-state index contributed by atoms with van der Waals surface area (Å²) in [7, 11) is -0.717. The average Bonchev–Trinajstić information content (AvgIpc) is 2.65. The highest BCUT2D eigenvalue weighted by Crippen LogP contribution is 2.05. The lowest BCUT2D eigenvalue weighted by molar-refractivity contribution is 0.474. The van der Waals surface area contributed by atoms with Crippen molar-refractivity contribution in [3.8, 4) is 6.07 Å². The minimum absolute atomic E-state index is 0.335. The van der Waals surface area contributed by atoms with Crippen LogP contribution in [-0.2, 0) is 17.3 Å². The van der Waals surface area contributed by atoms with Crippen LogP contribution in [0.3, 0.4) is 0 Å². The molecule has 0 fully saturated rings. The molecule has 15 heavy (non-hydrogen) atoms. The Morgan fingerprint density at radius 1 is 1.60 bits per heavy atom. The third-order valence-electron chi connectivity index (χ3n) is 1.86. The van der Waals surface area contributed by atoms with E-state index in [9.17, 15) is 4.21 Å². The van der Waals surface area contributed by atoms with Crippen molar-refractivity contribution < 1.29 is 8.63 Å². The fraction of sp³-hybridized carbons (Fsp3) is 0.500. The molecule has 4 nitrogen and oxygen atoms in total. The number of furan rings is 1. The zero-order valence-electron chi connectivity index (χ0n) is 8.66. The summed E-state index contributed by atoms with van der Waals surface area (Å²) < 4.78 is 15.9. The SMILES string of the molecule is CS(=O)CCCNCc1ccc(C#N)o1. The Kier molecular flexibility index (Phi) is 5.08. The van der Waals surface area contributed by atoms with Crippen molar-refractivity contribution in [3.05, 3.63) is 23.7 Å². The van der Waals surface area contributed by atoms with E-state index in [-0.39, 0.29) is 0 Å². The Hall–Kier alpha value is -1.12. The molecule has 5 heteroatoms. The van der Waals surface area contributed by atoms with Crippen molar-refractivity contribution in [1.82, 2.24) is 5.32 Å². The third kappa shape index (κ3) is 4.77. The second kappa shape index (κ2) is 6.38. The van der Waals surface area contributed by atoms with Crippen LogP contribution in [0.1, 0.15) is 17.9 Å². The molecule has 0 spiro atoms. The number of hydrogen-bond donors (Lipinski definition) is 1. The molecule has 0 radical (unpaired) electrons. The Bertz CT molecular complexity index is 368. The molecule has 1 atom stereocenters. The quantitative estimate of drug-likeness (QED) is 0.735. The third-order valence-corrected chi connectivity index (χ3v) is 2.72. The maximum Gasteiger partial charge on any atom is 0.203 e. The van der Waals surface area contributed by atoms with Gasteiger partial charge in [0.05, 0.1) is 6.54 Å². The minimum atomic E-state index is -0.717. The standard InChI is InChI=1S/C10H14N2O2S/c1-15(13)6-2-5-12-8-10-4-3-9(7-11)14-10/h3-4,12H,2,5-6,8H2,1H3. The Morgan fingerprint density at radius 3 is 3.00 bits per heavy atom. The molecule has 0 aromatic carbocycles. The maximum atomic E-state index is 10.7. The predicted octanol–water partition coefficient (Wildman–Crippen LogP) is 1.01. The Morgan fingerprint density at radius 2 is 2.40 bits per heavy atom. The first-order valence-corrected chi connectivity index (χ1v) is 6.44. The molecule has 0 saturated carbocycles. The van der Waals surface area contributed by atoms with Gasteiger partial charge in [-0.2, -0.15) is 5.26 Å². The van der Waals surface area contributed by atoms with Crippen molar-refractivity contribution in [1.29, 1.82) is 5.26 Å². The summed E-state index contributed by atoms with van der Waals surface area (Å²) in [6, 6.07) is 5.36. The van der Waals surface area contributed by atoms with Gasteiger partial charge in [0.25, 0.3) is 0 Å². The smallest absolute Gasteiger partial charge is 0.203 e. The molecule has 1 heterocycles. The van der Waals surface area contributed by atoms with Crippen LogP contribution in [-0.4, -0.2) is 22.8 Å². The number of hydrogen-bond acceptors (Lipinski definition) is 4. The highest BCUT2D eigenvalue weighted by Gasteiger charge is 1.99. The molecule has 1 N–H and O–H groups in total. The Balaban J connectivity index is 2.15. The lowest BCUT2D eigenvalue weighted by Gasteiger charge is -2.00. The van der Waals surface area contributed by atoms with E-state index in [0.717, 1.165) is 18.7 Å². The molecule has 0 aliphatic rings. The van der Waals surface area contributed by atoms with Crippen molar-refractivity contribution in [3.63, 3.8) is 0 Å². The predicted molar refractivity (Wildman–Crippen MR) is 58.7 cm³/mol. The van der Waals surface area contributed by atoms with Crippen LogP contribution >= 0.6 is 0 Å². The molecule has 1 aromatic rings. The van der Waals surface area contributed by atoms with Crippen LogP contribution in [0.5, 0.6) is 0 Å². The van der Waals surface area contributed by atoms with Gasteiger partial charge >= 0.3 is 0 Å². The van der Waals surface area contributed by atoms with E-state index in [2.05, 4.69) is 5.32 Å². The first kappa shape index (κ1) is 12.0. The molecular weight excluding hydrogens is 212 g/mol. The number of nitriles is 1. The highest BCUT2D eigenvalue weighted by molar-refractivity contribution is 7.84. The van der Waals surface area contributed by atoms with Crippen LogP contribution in [0, 0.1) is 11.3 Å². The molecule has 0 amide bonds. The topological polar surface area (TPSA) is 66.0 Å². The lowest BCUT2D eigenvalue weighted by Crippen LogP contribution is -2.16. The van der Waals surface area contributed by atoms with E-state index in [1.54, 1.807) is 18.4 Å². The second-order valence-corrected chi connectivity index (χ2v) is 4.74. The summed E-state index contributed by atoms with van der Waals surface area (Å²) in [5.41, 5.74) is 0. The summed E-state index contributed by atoms with van der Waals surface area (Å²) in [5.74, 6) is 1.81. The fourth-order valence-corrected chi connectivity index (χ4v) is 1.70. The molecule has 0 aliphatic heterocycles. The minimum Gasteiger partial charge on any atom is -0.449 e. The van der Waals surface area contributed by atoms with Gasteiger partial charge in [-0.15, -0.1) is 0 Å². The van der Waals surface area contributed by atoms with E-state index < -0.39 is 10.8 Å². The summed E-state index contributed by atoms with van der Waals surface area (Å²) in [6.45, 7) is 1.42. The summed E-state index contributed by atoms with van der Waals surface area (Å²) in [6.07, 6.45) is 2.58. The molecule has 1 rings (SSSR count). The van der Waals surface area contributed by atoms with Crippen molar-refractivity contribution >= 4 is 10.8 Å². The zero-order valence-corrected chi connectivity index (χ0v) is 9.47. The Labute approximate surface area is 91.7 Å². The van der Waals surface area contributed by atoms with Crippen LogP contribution in [0.2, 0.25) is 0 Å². The van der Waals surface area contributed by atoms with Gasteiger partial charge in [-0.25, -0.2) is 0 Å². The molecule has 0 aliphatic carbocycles. The van der Waals surface area contributed by atoms with Crippen LogP contribution in [0.15, 0.2) is 16.5 Å². The number of rotatable bonds is 6. The van der Waals surface area contributed by atoms with E-state index in [0.29, 0.717) is 18.1 Å². The van der Waals surface area contributed by atoms with Crippen LogP contribution in [0.25, 0.3) is 0 Å². The second-order valence-electron chi connectivity index (χ2n) is 3.19. The van der Waals surface area contributed by atoms with Crippen molar-refractivity contribution in [2.75, 3.05) is 18.6 Å². The van der Waals surface area contributed by atoms with E-state index in [4.69, 9.17) is 9.68 Å². The van der Waals surface area contributed by atoms with E-state index in [1.165, 1.54) is 0 Å². The van der Waals surface area contributed by atoms with Crippen LogP contribution < -0.4 is 5.32 Å². The van der Waals surface area contributed by atoms with Crippen LogP contribution in [0.4, 0.5) is 0 Å². The fourth-order valence-electron chi connectivity index (χ4n) is 1.15. The van der Waals surface area contributed by atoms with Gasteiger partial charge in [0.2, 0.25) is 5.76 Å². The maximum absolute atomic E-state index is 10.7. The van der Waals surface area contributed by atoms with Crippen molar-refractivity contribution in [2.45, 2.75) is 13.0 Å². The molecule has 82 valence electrons. The molecular formula is C10H14N2O2S. The van der Waals surface area contributed by atoms with Gasteiger partial charge in [-0.1, -0.05) is 0 Å². The van der Waals surface area contributed by atoms with Crippen molar-refractivity contribution in [2.24, 2.45) is 0 Å². The number of nitrogens with one attached hydrogen (secondary N) is 1.